The first-order valence-electron chi connectivity index (χ1n) is 6.26. The van der Waals surface area contributed by atoms with Crippen molar-refractivity contribution in [2.75, 3.05) is 17.1 Å². The SMILES string of the molecule is CCCS(=O)(=O)N(C)c1ccccc1C(C)(C)C. The maximum absolute atomic E-state index is 12.1. The van der Waals surface area contributed by atoms with Crippen LogP contribution in [-0.4, -0.2) is 21.2 Å². The summed E-state index contributed by atoms with van der Waals surface area (Å²) in [5, 5.41) is 0. The molecule has 18 heavy (non-hydrogen) atoms. The van der Waals surface area contributed by atoms with Gasteiger partial charge in [-0.1, -0.05) is 45.9 Å². The zero-order chi connectivity index (χ0) is 14.0. The minimum absolute atomic E-state index is 0.0768. The van der Waals surface area contributed by atoms with E-state index in [1.807, 2.05) is 31.2 Å². The summed E-state index contributed by atoms with van der Waals surface area (Å²) in [4.78, 5) is 0. The lowest BCUT2D eigenvalue weighted by Crippen LogP contribution is -2.31. The van der Waals surface area contributed by atoms with Gasteiger partial charge in [0, 0.05) is 7.05 Å². The minimum atomic E-state index is -3.21. The molecular formula is C14H23NO2S. The predicted molar refractivity (Wildman–Crippen MR) is 77.6 cm³/mol. The Labute approximate surface area is 111 Å². The Balaban J connectivity index is 3.27. The van der Waals surface area contributed by atoms with E-state index in [2.05, 4.69) is 20.8 Å². The van der Waals surface area contributed by atoms with Crippen molar-refractivity contribution in [1.82, 2.24) is 0 Å². The molecule has 3 nitrogen and oxygen atoms in total. The molecule has 1 rings (SSSR count). The summed E-state index contributed by atoms with van der Waals surface area (Å²) in [6, 6.07) is 7.69. The molecule has 0 unspecified atom stereocenters. The number of para-hydroxylation sites is 1. The van der Waals surface area contributed by atoms with Crippen LogP contribution in [0.1, 0.15) is 39.7 Å². The summed E-state index contributed by atoms with van der Waals surface area (Å²) in [5.41, 5.74) is 1.75. The number of rotatable bonds is 4. The zero-order valence-electron chi connectivity index (χ0n) is 11.9. The number of hydrogen-bond donors (Lipinski definition) is 0. The third kappa shape index (κ3) is 3.25. The first kappa shape index (κ1) is 15.0. The van der Waals surface area contributed by atoms with E-state index in [1.165, 1.54) is 4.31 Å². The van der Waals surface area contributed by atoms with Crippen LogP contribution in [0.2, 0.25) is 0 Å². The van der Waals surface area contributed by atoms with E-state index in [-0.39, 0.29) is 11.2 Å². The van der Waals surface area contributed by atoms with Crippen molar-refractivity contribution < 1.29 is 8.42 Å². The van der Waals surface area contributed by atoms with Crippen LogP contribution >= 0.6 is 0 Å². The maximum atomic E-state index is 12.1. The van der Waals surface area contributed by atoms with Gasteiger partial charge in [0.15, 0.2) is 0 Å². The summed E-state index contributed by atoms with van der Waals surface area (Å²) in [7, 11) is -1.58. The molecule has 0 radical (unpaired) electrons. The Morgan fingerprint density at radius 2 is 1.72 bits per heavy atom. The van der Waals surface area contributed by atoms with E-state index in [4.69, 9.17) is 0 Å². The van der Waals surface area contributed by atoms with Gasteiger partial charge in [-0.25, -0.2) is 8.42 Å². The second-order valence-electron chi connectivity index (χ2n) is 5.55. The third-order valence-corrected chi connectivity index (χ3v) is 4.89. The molecule has 1 aromatic carbocycles. The van der Waals surface area contributed by atoms with Gasteiger partial charge in [-0.15, -0.1) is 0 Å². The van der Waals surface area contributed by atoms with Gasteiger partial charge in [0.1, 0.15) is 0 Å². The van der Waals surface area contributed by atoms with Gasteiger partial charge >= 0.3 is 0 Å². The van der Waals surface area contributed by atoms with Crippen molar-refractivity contribution in [3.63, 3.8) is 0 Å². The van der Waals surface area contributed by atoms with Gasteiger partial charge < -0.3 is 0 Å². The predicted octanol–water partition coefficient (Wildman–Crippen LogP) is 3.16. The molecule has 0 aromatic heterocycles. The molecule has 0 saturated heterocycles. The molecule has 0 saturated carbocycles. The number of hydrogen-bond acceptors (Lipinski definition) is 2. The van der Waals surface area contributed by atoms with E-state index in [0.29, 0.717) is 6.42 Å². The van der Waals surface area contributed by atoms with Crippen molar-refractivity contribution in [3.05, 3.63) is 29.8 Å². The van der Waals surface area contributed by atoms with Crippen molar-refractivity contribution in [2.24, 2.45) is 0 Å². The standard InChI is InChI=1S/C14H23NO2S/c1-6-11-18(16,17)15(5)13-10-8-7-9-12(13)14(2,3)4/h7-10H,6,11H2,1-5H3. The number of benzene rings is 1. The van der Waals surface area contributed by atoms with Gasteiger partial charge in [-0.2, -0.15) is 0 Å². The smallest absolute Gasteiger partial charge is 0.234 e. The number of sulfonamides is 1. The van der Waals surface area contributed by atoms with Crippen molar-refractivity contribution in [1.29, 1.82) is 0 Å². The molecule has 0 aliphatic heterocycles. The quantitative estimate of drug-likeness (QED) is 0.842. The van der Waals surface area contributed by atoms with Crippen LogP contribution in [0.15, 0.2) is 24.3 Å². The summed E-state index contributed by atoms with van der Waals surface area (Å²) >= 11 is 0. The Bertz CT molecular complexity index is 501. The van der Waals surface area contributed by atoms with Gasteiger partial charge in [-0.05, 0) is 23.5 Å². The van der Waals surface area contributed by atoms with Crippen molar-refractivity contribution in [2.45, 2.75) is 39.5 Å². The fourth-order valence-corrected chi connectivity index (χ4v) is 3.18. The van der Waals surface area contributed by atoms with Crippen molar-refractivity contribution >= 4 is 15.7 Å². The van der Waals surface area contributed by atoms with E-state index in [9.17, 15) is 8.42 Å². The molecule has 0 fully saturated rings. The Hall–Kier alpha value is -1.03. The summed E-state index contributed by atoms with van der Waals surface area (Å²) in [5.74, 6) is 0.183. The molecule has 0 atom stereocenters. The maximum Gasteiger partial charge on any atom is 0.234 e. The van der Waals surface area contributed by atoms with Crippen LogP contribution in [0.25, 0.3) is 0 Å². The number of nitrogens with zero attached hydrogens (tertiary/aromatic N) is 1. The largest absolute Gasteiger partial charge is 0.273 e. The topological polar surface area (TPSA) is 37.4 Å². The Morgan fingerprint density at radius 3 is 2.22 bits per heavy atom. The fourth-order valence-electron chi connectivity index (χ4n) is 1.93. The van der Waals surface area contributed by atoms with E-state index >= 15 is 0 Å². The molecule has 0 N–H and O–H groups in total. The molecule has 4 heteroatoms. The van der Waals surface area contributed by atoms with Gasteiger partial charge in [0.05, 0.1) is 11.4 Å². The fraction of sp³-hybridized carbons (Fsp3) is 0.571. The molecule has 0 aliphatic rings. The minimum Gasteiger partial charge on any atom is -0.273 e. The van der Waals surface area contributed by atoms with Crippen LogP contribution in [0.3, 0.4) is 0 Å². The highest BCUT2D eigenvalue weighted by Crippen LogP contribution is 2.32. The highest BCUT2D eigenvalue weighted by Gasteiger charge is 2.24. The summed E-state index contributed by atoms with van der Waals surface area (Å²) < 4.78 is 25.7. The molecule has 0 heterocycles. The Morgan fingerprint density at radius 1 is 1.17 bits per heavy atom. The molecule has 102 valence electrons. The highest BCUT2D eigenvalue weighted by atomic mass is 32.2. The zero-order valence-corrected chi connectivity index (χ0v) is 12.7. The lowest BCUT2D eigenvalue weighted by molar-refractivity contribution is 0.584. The molecule has 1 aromatic rings. The second-order valence-corrected chi connectivity index (χ2v) is 7.67. The lowest BCUT2D eigenvalue weighted by atomic mass is 9.86. The van der Waals surface area contributed by atoms with Gasteiger partial charge in [-0.3, -0.25) is 4.31 Å². The molecule has 0 spiro atoms. The van der Waals surface area contributed by atoms with Crippen LogP contribution in [0, 0.1) is 0 Å². The second kappa shape index (κ2) is 5.31. The first-order chi connectivity index (χ1) is 8.20. The number of anilines is 1. The Kier molecular flexibility index (Phi) is 4.43. The van der Waals surface area contributed by atoms with Gasteiger partial charge in [0.2, 0.25) is 10.0 Å². The van der Waals surface area contributed by atoms with Crippen LogP contribution in [-0.2, 0) is 15.4 Å². The highest BCUT2D eigenvalue weighted by molar-refractivity contribution is 7.92. The van der Waals surface area contributed by atoms with Crippen molar-refractivity contribution in [3.8, 4) is 0 Å². The third-order valence-electron chi connectivity index (χ3n) is 2.93. The normalized spacial score (nSPS) is 12.5. The average Bonchev–Trinajstić information content (AvgIpc) is 2.27. The van der Waals surface area contributed by atoms with E-state index < -0.39 is 10.0 Å². The molecule has 0 aliphatic carbocycles. The van der Waals surface area contributed by atoms with E-state index in [1.54, 1.807) is 7.05 Å². The van der Waals surface area contributed by atoms with Crippen LogP contribution in [0.4, 0.5) is 5.69 Å². The van der Waals surface area contributed by atoms with Crippen LogP contribution < -0.4 is 4.31 Å². The average molecular weight is 269 g/mol. The monoisotopic (exact) mass is 269 g/mol. The van der Waals surface area contributed by atoms with E-state index in [0.717, 1.165) is 11.3 Å². The van der Waals surface area contributed by atoms with Gasteiger partial charge in [0.25, 0.3) is 0 Å². The lowest BCUT2D eigenvalue weighted by Gasteiger charge is -2.28. The summed E-state index contributed by atoms with van der Waals surface area (Å²) in [6.45, 7) is 8.14. The first-order valence-corrected chi connectivity index (χ1v) is 7.87. The molecule has 0 amide bonds. The summed E-state index contributed by atoms with van der Waals surface area (Å²) in [6.07, 6.45) is 0.629. The molecular weight excluding hydrogens is 246 g/mol. The molecule has 0 bridgehead atoms. The van der Waals surface area contributed by atoms with Crippen LogP contribution in [0.5, 0.6) is 0 Å².